The Balaban J connectivity index is 1.60. The molecule has 31 heavy (non-hydrogen) atoms. The van der Waals surface area contributed by atoms with Crippen molar-refractivity contribution in [1.82, 2.24) is 14.9 Å². The van der Waals surface area contributed by atoms with Crippen LogP contribution in [0.5, 0.6) is 11.5 Å². The van der Waals surface area contributed by atoms with Crippen molar-refractivity contribution in [3.63, 3.8) is 0 Å². The second-order valence-corrected chi connectivity index (χ2v) is 7.37. The minimum atomic E-state index is -0.217. The number of methoxy groups -OCH3 is 2. The number of carbonyl (C=O) groups is 1. The van der Waals surface area contributed by atoms with Crippen molar-refractivity contribution in [2.24, 2.45) is 0 Å². The highest BCUT2D eigenvalue weighted by Gasteiger charge is 2.14. The van der Waals surface area contributed by atoms with E-state index in [2.05, 4.69) is 47.1 Å². The average Bonchev–Trinajstić information content (AvgIpc) is 3.15. The van der Waals surface area contributed by atoms with Crippen LogP contribution >= 0.6 is 0 Å². The zero-order chi connectivity index (χ0) is 21.8. The van der Waals surface area contributed by atoms with Crippen LogP contribution in [0.2, 0.25) is 0 Å². The molecule has 0 unspecified atom stereocenters. The first-order valence-electron chi connectivity index (χ1n) is 10.1. The standard InChI is InChI=1S/C25H25N3O3/c1-17-8-10-18(11-9-17)16-28-23-7-5-4-6-22(23)27-24(28)15-26-25(29)19-12-20(30-2)14-21(13-19)31-3/h4-14H,15-16H2,1-3H3,(H,26,29). The normalized spacial score (nSPS) is 10.8. The van der Waals surface area contributed by atoms with Crippen molar-refractivity contribution < 1.29 is 14.3 Å². The van der Waals surface area contributed by atoms with Crippen molar-refractivity contribution in [2.45, 2.75) is 20.0 Å². The minimum Gasteiger partial charge on any atom is -0.497 e. The molecule has 0 radical (unpaired) electrons. The van der Waals surface area contributed by atoms with Crippen LogP contribution in [0.4, 0.5) is 0 Å². The molecule has 1 aromatic heterocycles. The largest absolute Gasteiger partial charge is 0.497 e. The highest BCUT2D eigenvalue weighted by Crippen LogP contribution is 2.23. The lowest BCUT2D eigenvalue weighted by molar-refractivity contribution is 0.0949. The molecule has 1 heterocycles. The van der Waals surface area contributed by atoms with Gasteiger partial charge in [0.15, 0.2) is 0 Å². The summed E-state index contributed by atoms with van der Waals surface area (Å²) < 4.78 is 12.7. The number of benzene rings is 3. The van der Waals surface area contributed by atoms with Crippen LogP contribution < -0.4 is 14.8 Å². The average molecular weight is 415 g/mol. The second-order valence-electron chi connectivity index (χ2n) is 7.37. The first-order chi connectivity index (χ1) is 15.1. The third kappa shape index (κ3) is 4.53. The van der Waals surface area contributed by atoms with Gasteiger partial charge in [-0.3, -0.25) is 4.79 Å². The summed E-state index contributed by atoms with van der Waals surface area (Å²) in [7, 11) is 3.12. The van der Waals surface area contributed by atoms with Gasteiger partial charge in [-0.25, -0.2) is 4.98 Å². The summed E-state index contributed by atoms with van der Waals surface area (Å²) in [6, 6.07) is 21.6. The van der Waals surface area contributed by atoms with Crippen molar-refractivity contribution in [1.29, 1.82) is 0 Å². The predicted octanol–water partition coefficient (Wildman–Crippen LogP) is 4.34. The maximum Gasteiger partial charge on any atom is 0.251 e. The molecule has 1 N–H and O–H groups in total. The monoisotopic (exact) mass is 415 g/mol. The van der Waals surface area contributed by atoms with Crippen molar-refractivity contribution in [3.05, 3.63) is 89.2 Å². The maximum atomic E-state index is 12.8. The van der Waals surface area contributed by atoms with E-state index in [1.165, 1.54) is 11.1 Å². The Morgan fingerprint density at radius 1 is 0.968 bits per heavy atom. The topological polar surface area (TPSA) is 65.4 Å². The van der Waals surface area contributed by atoms with Crippen molar-refractivity contribution in [2.75, 3.05) is 14.2 Å². The van der Waals surface area contributed by atoms with E-state index >= 15 is 0 Å². The Labute approximate surface area is 181 Å². The lowest BCUT2D eigenvalue weighted by Crippen LogP contribution is -2.25. The van der Waals surface area contributed by atoms with Gasteiger partial charge in [0.1, 0.15) is 17.3 Å². The molecular weight excluding hydrogens is 390 g/mol. The fourth-order valence-corrected chi connectivity index (χ4v) is 3.51. The third-order valence-electron chi connectivity index (χ3n) is 5.22. The number of rotatable bonds is 7. The van der Waals surface area contributed by atoms with Crippen molar-refractivity contribution >= 4 is 16.9 Å². The minimum absolute atomic E-state index is 0.217. The van der Waals surface area contributed by atoms with Gasteiger partial charge >= 0.3 is 0 Å². The first-order valence-corrected chi connectivity index (χ1v) is 10.1. The van der Waals surface area contributed by atoms with E-state index < -0.39 is 0 Å². The maximum absolute atomic E-state index is 12.8. The Morgan fingerprint density at radius 2 is 1.65 bits per heavy atom. The van der Waals surface area contributed by atoms with Gasteiger partial charge in [-0.2, -0.15) is 0 Å². The summed E-state index contributed by atoms with van der Waals surface area (Å²) in [6.45, 7) is 3.06. The number of aromatic nitrogens is 2. The van der Waals surface area contributed by atoms with Gasteiger partial charge in [-0.15, -0.1) is 0 Å². The van der Waals surface area contributed by atoms with E-state index in [9.17, 15) is 4.79 Å². The molecule has 0 spiro atoms. The van der Waals surface area contributed by atoms with Gasteiger partial charge in [-0.1, -0.05) is 42.0 Å². The van der Waals surface area contributed by atoms with Gasteiger partial charge in [0.2, 0.25) is 0 Å². The van der Waals surface area contributed by atoms with E-state index in [0.717, 1.165) is 16.9 Å². The SMILES string of the molecule is COc1cc(OC)cc(C(=O)NCc2nc3ccccc3n2Cc2ccc(C)cc2)c1. The molecule has 0 aliphatic carbocycles. The molecule has 6 heteroatoms. The van der Waals surface area contributed by atoms with Crippen LogP contribution in [0.25, 0.3) is 11.0 Å². The molecule has 3 aromatic carbocycles. The highest BCUT2D eigenvalue weighted by atomic mass is 16.5. The van der Waals surface area contributed by atoms with Gasteiger partial charge in [0.25, 0.3) is 5.91 Å². The van der Waals surface area contributed by atoms with Gasteiger partial charge in [0, 0.05) is 18.2 Å². The van der Waals surface area contributed by atoms with E-state index in [1.54, 1.807) is 32.4 Å². The molecule has 0 saturated carbocycles. The van der Waals surface area contributed by atoms with Gasteiger partial charge in [0.05, 0.1) is 31.8 Å². The number of hydrogen-bond acceptors (Lipinski definition) is 4. The predicted molar refractivity (Wildman–Crippen MR) is 121 cm³/mol. The number of imidazole rings is 1. The molecule has 4 aromatic rings. The quantitative estimate of drug-likeness (QED) is 0.488. The first kappa shape index (κ1) is 20.5. The highest BCUT2D eigenvalue weighted by molar-refractivity contribution is 5.95. The number of aryl methyl sites for hydroxylation is 1. The second kappa shape index (κ2) is 8.92. The van der Waals surface area contributed by atoms with Crippen LogP contribution in [-0.2, 0) is 13.1 Å². The van der Waals surface area contributed by atoms with Crippen LogP contribution in [0.3, 0.4) is 0 Å². The molecule has 0 bridgehead atoms. The summed E-state index contributed by atoms with van der Waals surface area (Å²) >= 11 is 0. The molecule has 6 nitrogen and oxygen atoms in total. The van der Waals surface area contributed by atoms with Crippen molar-refractivity contribution in [3.8, 4) is 11.5 Å². The molecule has 1 amide bonds. The summed E-state index contributed by atoms with van der Waals surface area (Å²) in [4.78, 5) is 17.6. The lowest BCUT2D eigenvalue weighted by atomic mass is 10.1. The Hall–Kier alpha value is -3.80. The van der Waals surface area contributed by atoms with E-state index in [4.69, 9.17) is 14.5 Å². The molecule has 0 aliphatic heterocycles. The van der Waals surface area contributed by atoms with E-state index in [0.29, 0.717) is 30.2 Å². The molecule has 0 atom stereocenters. The summed E-state index contributed by atoms with van der Waals surface area (Å²) in [6.07, 6.45) is 0. The molecule has 0 fully saturated rings. The molecular formula is C25H25N3O3. The van der Waals surface area contributed by atoms with Crippen LogP contribution in [-0.4, -0.2) is 29.7 Å². The molecule has 0 aliphatic rings. The fourth-order valence-electron chi connectivity index (χ4n) is 3.51. The Morgan fingerprint density at radius 3 is 2.32 bits per heavy atom. The zero-order valence-electron chi connectivity index (χ0n) is 17.9. The number of para-hydroxylation sites is 2. The zero-order valence-corrected chi connectivity index (χ0v) is 17.9. The smallest absolute Gasteiger partial charge is 0.251 e. The summed E-state index contributed by atoms with van der Waals surface area (Å²) in [5.74, 6) is 1.71. The lowest BCUT2D eigenvalue weighted by Gasteiger charge is -2.12. The van der Waals surface area contributed by atoms with Crippen LogP contribution in [0, 0.1) is 6.92 Å². The van der Waals surface area contributed by atoms with E-state index in [-0.39, 0.29) is 5.91 Å². The van der Waals surface area contributed by atoms with E-state index in [1.807, 2.05) is 18.2 Å². The number of nitrogens with zero attached hydrogens (tertiary/aromatic N) is 2. The number of amides is 1. The molecule has 158 valence electrons. The summed E-state index contributed by atoms with van der Waals surface area (Å²) in [5.41, 5.74) is 4.81. The van der Waals surface area contributed by atoms with Gasteiger partial charge < -0.3 is 19.4 Å². The molecule has 4 rings (SSSR count). The number of nitrogens with one attached hydrogen (secondary N) is 1. The third-order valence-corrected chi connectivity index (χ3v) is 5.22. The fraction of sp³-hybridized carbons (Fsp3) is 0.200. The number of ether oxygens (including phenoxy) is 2. The summed E-state index contributed by atoms with van der Waals surface area (Å²) in [5, 5.41) is 2.98. The van der Waals surface area contributed by atoms with Crippen LogP contribution in [0.15, 0.2) is 66.7 Å². The molecule has 0 saturated heterocycles. The van der Waals surface area contributed by atoms with Gasteiger partial charge in [-0.05, 0) is 36.8 Å². The Kier molecular flexibility index (Phi) is 5.89. The number of fused-ring (bicyclic) bond motifs is 1. The number of carbonyl (C=O) groups excluding carboxylic acids is 1. The Bertz CT molecular complexity index is 1190. The van der Waals surface area contributed by atoms with Crippen LogP contribution in [0.1, 0.15) is 27.3 Å². The number of hydrogen-bond donors (Lipinski definition) is 1.